The van der Waals surface area contributed by atoms with Crippen LogP contribution in [0, 0.1) is 12.7 Å². The van der Waals surface area contributed by atoms with Gasteiger partial charge in [-0.25, -0.2) is 18.3 Å². The quantitative estimate of drug-likeness (QED) is 0.495. The molecule has 1 N–H and O–H groups in total. The predicted molar refractivity (Wildman–Crippen MR) is 118 cm³/mol. The Morgan fingerprint density at radius 3 is 2.94 bits per heavy atom. The van der Waals surface area contributed by atoms with Gasteiger partial charge >= 0.3 is 5.69 Å². The molecule has 0 saturated carbocycles. The Labute approximate surface area is 184 Å². The fourth-order valence-corrected chi connectivity index (χ4v) is 4.76. The Kier molecular flexibility index (Phi) is 5.14. The average Bonchev–Trinajstić information content (AvgIpc) is 3.49. The summed E-state index contributed by atoms with van der Waals surface area (Å²) in [4.78, 5) is 38.7. The highest BCUT2D eigenvalue weighted by Crippen LogP contribution is 2.20. The van der Waals surface area contributed by atoms with Gasteiger partial charge in [0.05, 0.1) is 23.9 Å². The molecule has 1 aliphatic heterocycles. The van der Waals surface area contributed by atoms with Gasteiger partial charge in [-0.1, -0.05) is 6.07 Å². The molecule has 1 aliphatic rings. The Bertz CT molecular complexity index is 1460. The second-order valence-electron chi connectivity index (χ2n) is 7.79. The molecular weight excluding hydrogens is 437 g/mol. The molecule has 0 bridgehead atoms. The molecule has 3 aromatic heterocycles. The molecule has 1 amide bonds. The number of benzene rings is 1. The summed E-state index contributed by atoms with van der Waals surface area (Å²) < 4.78 is 23.9. The van der Waals surface area contributed by atoms with Crippen molar-refractivity contribution >= 4 is 38.9 Å². The van der Waals surface area contributed by atoms with Crippen molar-refractivity contribution in [2.45, 2.75) is 39.0 Å². The Balaban J connectivity index is 1.54. The summed E-state index contributed by atoms with van der Waals surface area (Å²) >= 11 is 1.25. The van der Waals surface area contributed by atoms with Gasteiger partial charge in [0.25, 0.3) is 5.56 Å². The number of anilines is 1. The number of aromatic nitrogens is 4. The topological polar surface area (TPSA) is 99.6 Å². The number of nitrogens with one attached hydrogen (secondary N) is 1. The fraction of sp³-hybridized carbons (Fsp3) is 0.333. The van der Waals surface area contributed by atoms with Crippen LogP contribution in [0.15, 0.2) is 39.2 Å². The van der Waals surface area contributed by atoms with E-state index in [1.165, 1.54) is 32.4 Å². The lowest BCUT2D eigenvalue weighted by atomic mass is 10.2. The van der Waals surface area contributed by atoms with E-state index in [0.29, 0.717) is 16.8 Å². The summed E-state index contributed by atoms with van der Waals surface area (Å²) in [5.74, 6) is -1.02. The summed E-state index contributed by atoms with van der Waals surface area (Å²) in [6.45, 7) is 2.22. The molecule has 0 radical (unpaired) electrons. The monoisotopic (exact) mass is 457 g/mol. The van der Waals surface area contributed by atoms with Gasteiger partial charge in [-0.3, -0.25) is 14.2 Å². The molecule has 166 valence electrons. The van der Waals surface area contributed by atoms with Crippen LogP contribution in [-0.2, 0) is 22.6 Å². The van der Waals surface area contributed by atoms with Crippen LogP contribution in [0.5, 0.6) is 0 Å². The summed E-state index contributed by atoms with van der Waals surface area (Å²) in [7, 11) is 0. The first-order valence-electron chi connectivity index (χ1n) is 10.2. The van der Waals surface area contributed by atoms with E-state index in [4.69, 9.17) is 4.74 Å². The van der Waals surface area contributed by atoms with Crippen LogP contribution in [0.25, 0.3) is 16.0 Å². The zero-order valence-corrected chi connectivity index (χ0v) is 18.0. The van der Waals surface area contributed by atoms with Gasteiger partial charge in [0, 0.05) is 6.61 Å². The van der Waals surface area contributed by atoms with E-state index < -0.39 is 24.0 Å². The number of halogens is 1. The van der Waals surface area contributed by atoms with E-state index in [9.17, 15) is 18.8 Å². The van der Waals surface area contributed by atoms with Gasteiger partial charge in [0.2, 0.25) is 11.7 Å². The Hall–Kier alpha value is -3.31. The van der Waals surface area contributed by atoms with E-state index in [0.717, 1.165) is 23.1 Å². The smallest absolute Gasteiger partial charge is 0.352 e. The number of hydrogen-bond donors (Lipinski definition) is 1. The molecular formula is C21H20FN5O4S. The molecule has 1 aromatic carbocycles. The van der Waals surface area contributed by atoms with Crippen molar-refractivity contribution in [3.05, 3.63) is 61.9 Å². The van der Waals surface area contributed by atoms with E-state index in [1.807, 2.05) is 0 Å². The number of hydrogen-bond acceptors (Lipinski definition) is 6. The van der Waals surface area contributed by atoms with E-state index in [1.54, 1.807) is 24.4 Å². The third-order valence-electron chi connectivity index (χ3n) is 5.49. The molecule has 4 aromatic rings. The van der Waals surface area contributed by atoms with Crippen LogP contribution < -0.4 is 16.6 Å². The molecule has 1 saturated heterocycles. The molecule has 5 rings (SSSR count). The lowest BCUT2D eigenvalue weighted by molar-refractivity contribution is -0.117. The van der Waals surface area contributed by atoms with Crippen molar-refractivity contribution in [2.24, 2.45) is 0 Å². The third kappa shape index (κ3) is 3.53. The van der Waals surface area contributed by atoms with Crippen molar-refractivity contribution < 1.29 is 13.9 Å². The number of ether oxygens (including phenoxy) is 1. The first-order valence-corrected chi connectivity index (χ1v) is 11.1. The molecule has 4 heterocycles. The van der Waals surface area contributed by atoms with Gasteiger partial charge in [0.1, 0.15) is 17.1 Å². The van der Waals surface area contributed by atoms with Gasteiger partial charge in [0.15, 0.2) is 0 Å². The van der Waals surface area contributed by atoms with Crippen molar-refractivity contribution in [3.8, 4) is 0 Å². The van der Waals surface area contributed by atoms with E-state index >= 15 is 0 Å². The molecule has 1 unspecified atom stereocenters. The van der Waals surface area contributed by atoms with Crippen LogP contribution in [0.4, 0.5) is 10.1 Å². The van der Waals surface area contributed by atoms with Crippen LogP contribution in [0.3, 0.4) is 0 Å². The molecule has 0 spiro atoms. The minimum atomic E-state index is -0.604. The average molecular weight is 457 g/mol. The van der Waals surface area contributed by atoms with Gasteiger partial charge < -0.3 is 10.1 Å². The number of nitrogens with zero attached hydrogens (tertiary/aromatic N) is 4. The fourth-order valence-electron chi connectivity index (χ4n) is 3.94. The lowest BCUT2D eigenvalue weighted by Crippen LogP contribution is -2.30. The maximum atomic E-state index is 14.1. The Morgan fingerprint density at radius 1 is 1.34 bits per heavy atom. The SMILES string of the molecule is Cc1ccc(NC(=O)Cn2nc3n(CC4CCCO4)c(=O)c4sccc4n3c2=O)c(F)c1. The standard InChI is InChI=1S/C21H20FN5O4S/c1-12-4-5-15(14(22)9-12)23-17(28)11-26-21(30)27-16-6-8-32-18(16)19(29)25(20(27)24-26)10-13-3-2-7-31-13/h4-6,8-9,13H,2-3,7,10-11H2,1H3,(H,23,28). The molecule has 9 nitrogen and oxygen atoms in total. The zero-order chi connectivity index (χ0) is 22.4. The Morgan fingerprint density at radius 2 is 2.19 bits per heavy atom. The van der Waals surface area contributed by atoms with Crippen LogP contribution >= 0.6 is 11.3 Å². The minimum Gasteiger partial charge on any atom is -0.376 e. The molecule has 0 aliphatic carbocycles. The number of rotatable bonds is 5. The first kappa shape index (κ1) is 20.6. The van der Waals surface area contributed by atoms with Crippen LogP contribution in [-0.4, -0.2) is 37.4 Å². The van der Waals surface area contributed by atoms with Gasteiger partial charge in [-0.2, -0.15) is 0 Å². The molecule has 32 heavy (non-hydrogen) atoms. The van der Waals surface area contributed by atoms with Crippen LogP contribution in [0.1, 0.15) is 18.4 Å². The molecule has 11 heteroatoms. The zero-order valence-electron chi connectivity index (χ0n) is 17.2. The van der Waals surface area contributed by atoms with E-state index in [2.05, 4.69) is 10.4 Å². The van der Waals surface area contributed by atoms with Crippen molar-refractivity contribution in [1.82, 2.24) is 18.7 Å². The van der Waals surface area contributed by atoms with Crippen LogP contribution in [0.2, 0.25) is 0 Å². The highest BCUT2D eigenvalue weighted by atomic mass is 32.1. The maximum Gasteiger partial charge on any atom is 0.352 e. The molecule has 1 atom stereocenters. The number of carbonyl (C=O) groups excluding carboxylic acids is 1. The van der Waals surface area contributed by atoms with Gasteiger partial charge in [-0.05, 0) is 48.9 Å². The normalized spacial score (nSPS) is 16.2. The number of thiophene rings is 1. The third-order valence-corrected chi connectivity index (χ3v) is 6.38. The highest BCUT2D eigenvalue weighted by Gasteiger charge is 2.23. The summed E-state index contributed by atoms with van der Waals surface area (Å²) in [5, 5.41) is 8.49. The first-order chi connectivity index (χ1) is 15.4. The number of fused-ring (bicyclic) bond motifs is 3. The van der Waals surface area contributed by atoms with E-state index in [-0.39, 0.29) is 29.7 Å². The lowest BCUT2D eigenvalue weighted by Gasteiger charge is -2.12. The second-order valence-corrected chi connectivity index (χ2v) is 8.71. The summed E-state index contributed by atoms with van der Waals surface area (Å²) in [6, 6.07) is 6.12. The van der Waals surface area contributed by atoms with Crippen molar-refractivity contribution in [2.75, 3.05) is 11.9 Å². The molecule has 1 fully saturated rings. The second kappa shape index (κ2) is 7.99. The summed E-state index contributed by atoms with van der Waals surface area (Å²) in [6.07, 6.45) is 1.59. The largest absolute Gasteiger partial charge is 0.376 e. The number of carbonyl (C=O) groups is 1. The maximum absolute atomic E-state index is 14.1. The van der Waals surface area contributed by atoms with Crippen molar-refractivity contribution in [3.63, 3.8) is 0 Å². The van der Waals surface area contributed by atoms with Crippen molar-refractivity contribution in [1.29, 1.82) is 0 Å². The predicted octanol–water partition coefficient (Wildman–Crippen LogP) is 2.14. The number of amides is 1. The summed E-state index contributed by atoms with van der Waals surface area (Å²) in [5.41, 5.74) is 0.388. The number of aryl methyl sites for hydroxylation is 1. The van der Waals surface area contributed by atoms with Gasteiger partial charge in [-0.15, -0.1) is 16.4 Å². The highest BCUT2D eigenvalue weighted by molar-refractivity contribution is 7.17. The minimum absolute atomic E-state index is 0.0212.